The van der Waals surface area contributed by atoms with Crippen molar-refractivity contribution in [2.45, 2.75) is 25.3 Å². The molecule has 0 bridgehead atoms. The van der Waals surface area contributed by atoms with Gasteiger partial charge in [-0.15, -0.1) is 0 Å². The molecule has 0 saturated heterocycles. The number of hydrogen-bond acceptors (Lipinski definition) is 2. The normalized spacial score (nSPS) is 16.8. The zero-order valence-electron chi connectivity index (χ0n) is 15.7. The zero-order chi connectivity index (χ0) is 20.1. The Kier molecular flexibility index (Phi) is 6.36. The van der Waals surface area contributed by atoms with Crippen LogP contribution in [0.25, 0.3) is 0 Å². The lowest BCUT2D eigenvalue weighted by Gasteiger charge is -2.30. The highest BCUT2D eigenvalue weighted by Gasteiger charge is 2.27. The minimum absolute atomic E-state index is 0.139. The van der Waals surface area contributed by atoms with Crippen molar-refractivity contribution in [3.8, 4) is 0 Å². The van der Waals surface area contributed by atoms with Crippen molar-refractivity contribution in [2.75, 3.05) is 25.5 Å². The molecule has 0 aromatic heterocycles. The van der Waals surface area contributed by atoms with Crippen molar-refractivity contribution in [3.05, 3.63) is 65.2 Å². The van der Waals surface area contributed by atoms with Crippen LogP contribution in [-0.2, 0) is 16.0 Å². The van der Waals surface area contributed by atoms with E-state index in [0.717, 1.165) is 36.3 Å². The molecule has 3 N–H and O–H groups in total. The Hall–Kier alpha value is -2.80. The van der Waals surface area contributed by atoms with E-state index < -0.39 is 17.5 Å². The van der Waals surface area contributed by atoms with E-state index in [1.165, 1.54) is 17.2 Å². The van der Waals surface area contributed by atoms with Crippen LogP contribution in [-0.4, -0.2) is 32.0 Å². The van der Waals surface area contributed by atoms with E-state index in [0.29, 0.717) is 0 Å². The lowest BCUT2D eigenvalue weighted by atomic mass is 9.87. The standard InChI is InChI=1S/C21H23F2N3O2/c1-26(19-8-4-6-14-5-2-3-7-16(14)19)13-21(28)24-12-20(27)25-15-9-10-17(22)18(23)11-15/h2-3,5,7,9-11,19H,4,6,8,12-13H2,1H3,(H,24,28)(H,25,27)/p+1/t19-/m0/s1. The predicted molar refractivity (Wildman–Crippen MR) is 102 cm³/mol. The number of aryl methyl sites for hydroxylation is 1. The van der Waals surface area contributed by atoms with Crippen molar-refractivity contribution >= 4 is 17.5 Å². The van der Waals surface area contributed by atoms with E-state index >= 15 is 0 Å². The molecule has 0 radical (unpaired) electrons. The van der Waals surface area contributed by atoms with Crippen LogP contribution in [0.5, 0.6) is 0 Å². The van der Waals surface area contributed by atoms with Crippen LogP contribution < -0.4 is 15.5 Å². The number of amides is 2. The van der Waals surface area contributed by atoms with Gasteiger partial charge in [-0.25, -0.2) is 8.78 Å². The third-order valence-corrected chi connectivity index (χ3v) is 5.05. The molecule has 7 heteroatoms. The van der Waals surface area contributed by atoms with Gasteiger partial charge in [0.1, 0.15) is 6.04 Å². The Labute approximate surface area is 162 Å². The topological polar surface area (TPSA) is 62.6 Å². The number of rotatable bonds is 6. The Morgan fingerprint density at radius 3 is 2.68 bits per heavy atom. The molecule has 0 spiro atoms. The Balaban J connectivity index is 1.49. The van der Waals surface area contributed by atoms with E-state index in [4.69, 9.17) is 0 Å². The van der Waals surface area contributed by atoms with Gasteiger partial charge in [-0.05, 0) is 30.5 Å². The number of halogens is 2. The SMILES string of the molecule is C[NH+](CC(=O)NCC(=O)Nc1ccc(F)c(F)c1)[C@H]1CCCc2ccccc21. The fourth-order valence-corrected chi connectivity index (χ4v) is 3.66. The number of benzene rings is 2. The maximum atomic E-state index is 13.2. The van der Waals surface area contributed by atoms with Crippen molar-refractivity contribution in [1.82, 2.24) is 5.32 Å². The van der Waals surface area contributed by atoms with E-state index in [1.54, 1.807) is 0 Å². The molecule has 0 heterocycles. The maximum Gasteiger partial charge on any atom is 0.275 e. The van der Waals surface area contributed by atoms with Crippen molar-refractivity contribution in [1.29, 1.82) is 0 Å². The van der Waals surface area contributed by atoms with Gasteiger partial charge in [0, 0.05) is 23.7 Å². The first-order chi connectivity index (χ1) is 13.4. The Morgan fingerprint density at radius 2 is 1.89 bits per heavy atom. The number of fused-ring (bicyclic) bond motifs is 1. The monoisotopic (exact) mass is 388 g/mol. The number of quaternary nitrogens is 1. The highest BCUT2D eigenvalue weighted by Crippen LogP contribution is 2.27. The second kappa shape index (κ2) is 8.93. The summed E-state index contributed by atoms with van der Waals surface area (Å²) in [6.07, 6.45) is 3.18. The molecule has 148 valence electrons. The second-order valence-electron chi connectivity index (χ2n) is 7.12. The van der Waals surface area contributed by atoms with Crippen LogP contribution in [0.1, 0.15) is 30.0 Å². The highest BCUT2D eigenvalue weighted by atomic mass is 19.2. The summed E-state index contributed by atoms with van der Waals surface area (Å²) in [7, 11) is 1.98. The molecule has 2 aromatic carbocycles. The molecule has 2 atom stereocenters. The summed E-state index contributed by atoms with van der Waals surface area (Å²) in [6, 6.07) is 11.7. The molecule has 1 unspecified atom stereocenters. The van der Waals surface area contributed by atoms with Crippen molar-refractivity contribution < 1.29 is 23.3 Å². The van der Waals surface area contributed by atoms with Crippen LogP contribution in [0.3, 0.4) is 0 Å². The van der Waals surface area contributed by atoms with Gasteiger partial charge in [-0.1, -0.05) is 24.3 Å². The lowest BCUT2D eigenvalue weighted by molar-refractivity contribution is -0.905. The average Bonchev–Trinajstić information content (AvgIpc) is 2.68. The number of nitrogens with one attached hydrogen (secondary N) is 3. The minimum Gasteiger partial charge on any atom is -0.342 e. The zero-order valence-corrected chi connectivity index (χ0v) is 15.7. The van der Waals surface area contributed by atoms with Crippen LogP contribution in [0, 0.1) is 11.6 Å². The molecule has 0 fully saturated rings. The van der Waals surface area contributed by atoms with E-state index in [2.05, 4.69) is 22.8 Å². The summed E-state index contributed by atoms with van der Waals surface area (Å²) in [6.45, 7) is 0.0177. The number of carbonyl (C=O) groups is 2. The van der Waals surface area contributed by atoms with Crippen molar-refractivity contribution in [3.63, 3.8) is 0 Å². The first kappa shape index (κ1) is 19.9. The molecule has 2 aromatic rings. The summed E-state index contributed by atoms with van der Waals surface area (Å²) < 4.78 is 26.1. The minimum atomic E-state index is -1.04. The molecule has 0 saturated carbocycles. The first-order valence-electron chi connectivity index (χ1n) is 9.35. The van der Waals surface area contributed by atoms with Gasteiger partial charge in [0.25, 0.3) is 5.91 Å². The number of likely N-dealkylation sites (N-methyl/N-ethyl adjacent to an activating group) is 1. The summed E-state index contributed by atoms with van der Waals surface area (Å²) in [4.78, 5) is 25.2. The molecule has 3 rings (SSSR count). The maximum absolute atomic E-state index is 13.2. The summed E-state index contributed by atoms with van der Waals surface area (Å²) in [5, 5.41) is 5.01. The number of carbonyl (C=O) groups excluding carboxylic acids is 2. The second-order valence-corrected chi connectivity index (χ2v) is 7.12. The molecule has 1 aliphatic rings. The van der Waals surface area contributed by atoms with Crippen LogP contribution >= 0.6 is 0 Å². The molecule has 1 aliphatic carbocycles. The van der Waals surface area contributed by atoms with Crippen LogP contribution in [0.4, 0.5) is 14.5 Å². The van der Waals surface area contributed by atoms with E-state index in [-0.39, 0.29) is 30.7 Å². The van der Waals surface area contributed by atoms with Crippen LogP contribution in [0.15, 0.2) is 42.5 Å². The fraction of sp³-hybridized carbons (Fsp3) is 0.333. The predicted octanol–water partition coefficient (Wildman–Crippen LogP) is 1.61. The summed E-state index contributed by atoms with van der Waals surface area (Å²) in [5.74, 6) is -2.76. The fourth-order valence-electron chi connectivity index (χ4n) is 3.66. The van der Waals surface area contributed by atoms with Gasteiger partial charge < -0.3 is 15.5 Å². The van der Waals surface area contributed by atoms with E-state index in [1.807, 2.05) is 19.2 Å². The molecular formula is C21H24F2N3O2+. The third kappa shape index (κ3) is 4.92. The summed E-state index contributed by atoms with van der Waals surface area (Å²) >= 11 is 0. The van der Waals surface area contributed by atoms with E-state index in [9.17, 15) is 18.4 Å². The van der Waals surface area contributed by atoms with Gasteiger partial charge in [-0.3, -0.25) is 9.59 Å². The Morgan fingerprint density at radius 1 is 1.11 bits per heavy atom. The number of hydrogen-bond donors (Lipinski definition) is 3. The molecule has 2 amide bonds. The van der Waals surface area contributed by atoms with Gasteiger partial charge in [-0.2, -0.15) is 0 Å². The molecular weight excluding hydrogens is 364 g/mol. The lowest BCUT2D eigenvalue weighted by Crippen LogP contribution is -3.10. The first-order valence-corrected chi connectivity index (χ1v) is 9.35. The van der Waals surface area contributed by atoms with Gasteiger partial charge >= 0.3 is 0 Å². The van der Waals surface area contributed by atoms with Gasteiger partial charge in [0.05, 0.1) is 13.6 Å². The summed E-state index contributed by atoms with van der Waals surface area (Å²) in [5.41, 5.74) is 2.76. The third-order valence-electron chi connectivity index (χ3n) is 5.05. The largest absolute Gasteiger partial charge is 0.342 e. The van der Waals surface area contributed by atoms with Gasteiger partial charge in [0.15, 0.2) is 18.2 Å². The number of anilines is 1. The van der Waals surface area contributed by atoms with Gasteiger partial charge in [0.2, 0.25) is 5.91 Å². The Bertz CT molecular complexity index is 872. The average molecular weight is 388 g/mol. The smallest absolute Gasteiger partial charge is 0.275 e. The molecule has 28 heavy (non-hydrogen) atoms. The molecule has 5 nitrogen and oxygen atoms in total. The molecule has 0 aliphatic heterocycles. The highest BCUT2D eigenvalue weighted by molar-refractivity contribution is 5.94. The quantitative estimate of drug-likeness (QED) is 0.704. The van der Waals surface area contributed by atoms with Crippen molar-refractivity contribution in [2.24, 2.45) is 0 Å². The van der Waals surface area contributed by atoms with Crippen LogP contribution in [0.2, 0.25) is 0 Å².